The summed E-state index contributed by atoms with van der Waals surface area (Å²) in [5, 5.41) is 0. The number of ether oxygens (including phenoxy) is 1. The van der Waals surface area contributed by atoms with Gasteiger partial charge in [0.15, 0.2) is 0 Å². The Balaban J connectivity index is 1.66. The van der Waals surface area contributed by atoms with Crippen molar-refractivity contribution in [1.82, 2.24) is 8.61 Å². The maximum atomic E-state index is 12.7. The summed E-state index contributed by atoms with van der Waals surface area (Å²) in [6, 6.07) is 7.88. The Bertz CT molecular complexity index is 621. The van der Waals surface area contributed by atoms with Crippen molar-refractivity contribution < 1.29 is 13.2 Å². The maximum absolute atomic E-state index is 12.7. The van der Waals surface area contributed by atoms with E-state index in [1.807, 2.05) is 24.3 Å². The Morgan fingerprint density at radius 1 is 0.870 bits per heavy atom. The molecule has 128 valence electrons. The molecule has 2 fully saturated rings. The second-order valence-corrected chi connectivity index (χ2v) is 7.95. The normalized spacial score (nSPS) is 21.3. The van der Waals surface area contributed by atoms with E-state index in [0.717, 1.165) is 30.7 Å². The predicted molar refractivity (Wildman–Crippen MR) is 91.1 cm³/mol. The third-order valence-corrected chi connectivity index (χ3v) is 6.67. The molecule has 0 N–H and O–H groups in total. The molecule has 23 heavy (non-hydrogen) atoms. The highest BCUT2D eigenvalue weighted by Gasteiger charge is 2.33. The van der Waals surface area contributed by atoms with E-state index in [0.29, 0.717) is 39.3 Å². The lowest BCUT2D eigenvalue weighted by atomic mass is 10.2. The zero-order chi connectivity index (χ0) is 16.3. The summed E-state index contributed by atoms with van der Waals surface area (Å²) in [6.45, 7) is 3.75. The van der Waals surface area contributed by atoms with Crippen LogP contribution in [0.2, 0.25) is 0 Å². The molecule has 0 atom stereocenters. The maximum Gasteiger partial charge on any atom is 0.282 e. The molecule has 2 aliphatic rings. The van der Waals surface area contributed by atoms with E-state index >= 15 is 0 Å². The Kier molecular flexibility index (Phi) is 5.08. The summed E-state index contributed by atoms with van der Waals surface area (Å²) in [5.74, 6) is 0.833. The van der Waals surface area contributed by atoms with Gasteiger partial charge in [-0.25, -0.2) is 0 Å². The minimum Gasteiger partial charge on any atom is -0.495 e. The van der Waals surface area contributed by atoms with Crippen LogP contribution in [0.15, 0.2) is 24.3 Å². The molecule has 7 heteroatoms. The van der Waals surface area contributed by atoms with Gasteiger partial charge in [0.25, 0.3) is 10.2 Å². The Morgan fingerprint density at radius 2 is 1.48 bits per heavy atom. The number of anilines is 1. The quantitative estimate of drug-likeness (QED) is 0.835. The molecule has 2 aliphatic heterocycles. The van der Waals surface area contributed by atoms with E-state index in [1.54, 1.807) is 15.7 Å². The van der Waals surface area contributed by atoms with Crippen LogP contribution < -0.4 is 9.64 Å². The van der Waals surface area contributed by atoms with E-state index in [-0.39, 0.29) is 0 Å². The topological polar surface area (TPSA) is 53.1 Å². The molecule has 2 heterocycles. The fourth-order valence-corrected chi connectivity index (χ4v) is 4.98. The summed E-state index contributed by atoms with van der Waals surface area (Å²) < 4.78 is 34.1. The van der Waals surface area contributed by atoms with Crippen LogP contribution in [0.4, 0.5) is 5.69 Å². The van der Waals surface area contributed by atoms with E-state index in [4.69, 9.17) is 4.74 Å². The molecule has 6 nitrogen and oxygen atoms in total. The lowest BCUT2D eigenvalue weighted by Gasteiger charge is -2.38. The number of benzene rings is 1. The molecule has 0 amide bonds. The zero-order valence-electron chi connectivity index (χ0n) is 13.6. The van der Waals surface area contributed by atoms with Crippen molar-refractivity contribution in [2.45, 2.75) is 19.3 Å². The van der Waals surface area contributed by atoms with Crippen LogP contribution in [0, 0.1) is 0 Å². The average molecular weight is 339 g/mol. The van der Waals surface area contributed by atoms with Crippen molar-refractivity contribution >= 4 is 15.9 Å². The molecule has 0 aromatic heterocycles. The largest absolute Gasteiger partial charge is 0.495 e. The highest BCUT2D eigenvalue weighted by molar-refractivity contribution is 7.86. The smallest absolute Gasteiger partial charge is 0.282 e. The van der Waals surface area contributed by atoms with Crippen molar-refractivity contribution in [2.24, 2.45) is 0 Å². The second-order valence-electron chi connectivity index (χ2n) is 6.03. The molecular formula is C16H25N3O3S. The number of hydrogen-bond acceptors (Lipinski definition) is 4. The van der Waals surface area contributed by atoms with Crippen LogP contribution in [0.1, 0.15) is 19.3 Å². The third-order valence-electron chi connectivity index (χ3n) is 4.63. The molecule has 0 radical (unpaired) electrons. The van der Waals surface area contributed by atoms with Crippen molar-refractivity contribution in [3.63, 3.8) is 0 Å². The van der Waals surface area contributed by atoms with Gasteiger partial charge >= 0.3 is 0 Å². The second kappa shape index (κ2) is 7.07. The van der Waals surface area contributed by atoms with Crippen molar-refractivity contribution in [3.8, 4) is 5.75 Å². The molecule has 2 saturated heterocycles. The summed E-state index contributed by atoms with van der Waals surface area (Å²) in [4.78, 5) is 2.20. The fraction of sp³-hybridized carbons (Fsp3) is 0.625. The summed E-state index contributed by atoms with van der Waals surface area (Å²) in [5.41, 5.74) is 1.03. The standard InChI is InChI=1S/C16H25N3O3S/c1-22-16-8-4-3-7-15(16)17-11-13-19(14-12-17)23(20,21)18-9-5-2-6-10-18/h3-4,7-8H,2,5-6,9-14H2,1H3. The van der Waals surface area contributed by atoms with Crippen molar-refractivity contribution in [2.75, 3.05) is 51.3 Å². The SMILES string of the molecule is COc1ccccc1N1CCN(S(=O)(=O)N2CCCCC2)CC1. The fourth-order valence-electron chi connectivity index (χ4n) is 3.31. The number of para-hydroxylation sites is 2. The van der Waals surface area contributed by atoms with Crippen LogP contribution in [0.25, 0.3) is 0 Å². The molecule has 0 aliphatic carbocycles. The number of methoxy groups -OCH3 is 1. The molecule has 0 bridgehead atoms. The van der Waals surface area contributed by atoms with Crippen LogP contribution in [-0.4, -0.2) is 63.4 Å². The Labute approximate surface area is 138 Å². The molecule has 0 unspecified atom stereocenters. The minimum absolute atomic E-state index is 0.525. The van der Waals surface area contributed by atoms with Gasteiger partial charge in [0.1, 0.15) is 5.75 Å². The highest BCUT2D eigenvalue weighted by atomic mass is 32.2. The zero-order valence-corrected chi connectivity index (χ0v) is 14.5. The summed E-state index contributed by atoms with van der Waals surface area (Å²) in [7, 11) is -1.64. The van der Waals surface area contributed by atoms with E-state index in [1.165, 1.54) is 0 Å². The van der Waals surface area contributed by atoms with Gasteiger partial charge in [0.2, 0.25) is 0 Å². The first-order valence-electron chi connectivity index (χ1n) is 8.26. The van der Waals surface area contributed by atoms with E-state index in [2.05, 4.69) is 4.90 Å². The lowest BCUT2D eigenvalue weighted by Crippen LogP contribution is -2.54. The molecule has 3 rings (SSSR count). The molecule has 0 saturated carbocycles. The number of hydrogen-bond donors (Lipinski definition) is 0. The Morgan fingerprint density at radius 3 is 2.13 bits per heavy atom. The monoisotopic (exact) mass is 339 g/mol. The molecule has 0 spiro atoms. The van der Waals surface area contributed by atoms with Crippen LogP contribution >= 0.6 is 0 Å². The summed E-state index contributed by atoms with van der Waals surface area (Å²) in [6.07, 6.45) is 3.08. The molecule has 1 aromatic rings. The van der Waals surface area contributed by atoms with Crippen molar-refractivity contribution in [1.29, 1.82) is 0 Å². The minimum atomic E-state index is -3.30. The first-order chi connectivity index (χ1) is 11.1. The van der Waals surface area contributed by atoms with Gasteiger partial charge in [-0.05, 0) is 25.0 Å². The van der Waals surface area contributed by atoms with Gasteiger partial charge in [0.05, 0.1) is 12.8 Å². The molecule has 1 aromatic carbocycles. The highest BCUT2D eigenvalue weighted by Crippen LogP contribution is 2.29. The van der Waals surface area contributed by atoms with Crippen molar-refractivity contribution in [3.05, 3.63) is 24.3 Å². The summed E-state index contributed by atoms with van der Waals surface area (Å²) >= 11 is 0. The Hall–Kier alpha value is -1.31. The van der Waals surface area contributed by atoms with Gasteiger partial charge in [-0.1, -0.05) is 18.6 Å². The first-order valence-corrected chi connectivity index (χ1v) is 9.66. The number of piperidine rings is 1. The van der Waals surface area contributed by atoms with E-state index < -0.39 is 10.2 Å². The first kappa shape index (κ1) is 16.5. The lowest BCUT2D eigenvalue weighted by molar-refractivity contribution is 0.295. The van der Waals surface area contributed by atoms with Gasteiger partial charge in [0, 0.05) is 39.3 Å². The van der Waals surface area contributed by atoms with Crippen LogP contribution in [0.3, 0.4) is 0 Å². The van der Waals surface area contributed by atoms with E-state index in [9.17, 15) is 8.42 Å². The van der Waals surface area contributed by atoms with Crippen LogP contribution in [-0.2, 0) is 10.2 Å². The number of rotatable bonds is 4. The average Bonchev–Trinajstić information content (AvgIpc) is 2.62. The van der Waals surface area contributed by atoms with Crippen LogP contribution in [0.5, 0.6) is 5.75 Å². The molecular weight excluding hydrogens is 314 g/mol. The van der Waals surface area contributed by atoms with Gasteiger partial charge in [-0.2, -0.15) is 17.0 Å². The number of piperazine rings is 1. The predicted octanol–water partition coefficient (Wildman–Crippen LogP) is 1.55. The van der Waals surface area contributed by atoms with Gasteiger partial charge < -0.3 is 9.64 Å². The van der Waals surface area contributed by atoms with Gasteiger partial charge in [-0.3, -0.25) is 0 Å². The van der Waals surface area contributed by atoms with Gasteiger partial charge in [-0.15, -0.1) is 0 Å². The third kappa shape index (κ3) is 3.46. The number of nitrogens with zero attached hydrogens (tertiary/aromatic N) is 3.